The average molecular weight is 356 g/mol. The highest BCUT2D eigenvalue weighted by Crippen LogP contribution is 2.16. The minimum Gasteiger partial charge on any atom is -0.379 e. The highest BCUT2D eigenvalue weighted by Gasteiger charge is 2.24. The molecule has 1 aromatic carbocycles. The summed E-state index contributed by atoms with van der Waals surface area (Å²) in [6, 6.07) is 6.94. The van der Waals surface area contributed by atoms with Crippen molar-refractivity contribution in [2.24, 2.45) is 0 Å². The second-order valence-corrected chi connectivity index (χ2v) is 7.81. The summed E-state index contributed by atoms with van der Waals surface area (Å²) in [5.74, 6) is 0. The van der Waals surface area contributed by atoms with Gasteiger partial charge in [-0.25, -0.2) is 8.42 Å². The second kappa shape index (κ2) is 9.48. The third-order valence-electron chi connectivity index (χ3n) is 4.18. The molecule has 0 aliphatic carbocycles. The van der Waals surface area contributed by atoms with Gasteiger partial charge in [0.25, 0.3) is 0 Å². The molecule has 2 rings (SSSR count). The van der Waals surface area contributed by atoms with Crippen molar-refractivity contribution in [1.82, 2.24) is 9.21 Å². The second-order valence-electron chi connectivity index (χ2n) is 5.88. The molecule has 1 aliphatic rings. The van der Waals surface area contributed by atoms with Crippen molar-refractivity contribution in [2.45, 2.75) is 18.7 Å². The highest BCUT2D eigenvalue weighted by molar-refractivity contribution is 7.89. The molecule has 1 saturated heterocycles. The summed E-state index contributed by atoms with van der Waals surface area (Å²) < 4.78 is 38.4. The Kier molecular flexibility index (Phi) is 7.64. The largest absolute Gasteiger partial charge is 0.379 e. The van der Waals surface area contributed by atoms with Crippen LogP contribution in [-0.4, -0.2) is 76.8 Å². The van der Waals surface area contributed by atoms with E-state index in [2.05, 4.69) is 11.8 Å². The van der Waals surface area contributed by atoms with Crippen LogP contribution in [-0.2, 0) is 19.5 Å². The predicted molar refractivity (Wildman–Crippen MR) is 93.7 cm³/mol. The molecule has 1 heterocycles. The topological polar surface area (TPSA) is 59.1 Å². The van der Waals surface area contributed by atoms with Crippen molar-refractivity contribution in [3.63, 3.8) is 0 Å². The molecule has 7 heteroatoms. The first-order chi connectivity index (χ1) is 11.5. The van der Waals surface area contributed by atoms with Gasteiger partial charge in [0.05, 0.1) is 31.3 Å². The molecular formula is C17H28N2O4S. The summed E-state index contributed by atoms with van der Waals surface area (Å²) in [5, 5.41) is 0. The molecule has 0 N–H and O–H groups in total. The molecule has 136 valence electrons. The first-order valence-electron chi connectivity index (χ1n) is 8.48. The quantitative estimate of drug-likeness (QED) is 0.818. The van der Waals surface area contributed by atoms with E-state index in [9.17, 15) is 8.42 Å². The number of nitrogens with zero attached hydrogens (tertiary/aromatic N) is 2. The van der Waals surface area contributed by atoms with E-state index in [1.54, 1.807) is 12.1 Å². The van der Waals surface area contributed by atoms with Crippen LogP contribution in [0.2, 0.25) is 0 Å². The molecule has 0 unspecified atom stereocenters. The third-order valence-corrected chi connectivity index (χ3v) is 6.09. The lowest BCUT2D eigenvalue weighted by molar-refractivity contribution is 0.0551. The van der Waals surface area contributed by atoms with Crippen molar-refractivity contribution in [1.29, 1.82) is 0 Å². The van der Waals surface area contributed by atoms with Crippen LogP contribution in [0.1, 0.15) is 12.5 Å². The minimum atomic E-state index is -3.52. The smallest absolute Gasteiger partial charge is 0.243 e. The van der Waals surface area contributed by atoms with Crippen molar-refractivity contribution in [2.75, 3.05) is 59.2 Å². The van der Waals surface area contributed by atoms with Gasteiger partial charge in [0.2, 0.25) is 10.0 Å². The van der Waals surface area contributed by atoms with Crippen LogP contribution < -0.4 is 0 Å². The first kappa shape index (κ1) is 19.3. The van der Waals surface area contributed by atoms with Gasteiger partial charge in [0, 0.05) is 26.2 Å². The summed E-state index contributed by atoms with van der Waals surface area (Å²) in [5.41, 5.74) is 1.04. The summed E-state index contributed by atoms with van der Waals surface area (Å²) in [6.07, 6.45) is 0. The van der Waals surface area contributed by atoms with Crippen molar-refractivity contribution >= 4 is 10.0 Å². The van der Waals surface area contributed by atoms with Gasteiger partial charge in [-0.2, -0.15) is 4.31 Å². The molecule has 0 spiro atoms. The van der Waals surface area contributed by atoms with Gasteiger partial charge in [-0.15, -0.1) is 0 Å². The van der Waals surface area contributed by atoms with E-state index in [0.717, 1.165) is 25.2 Å². The van der Waals surface area contributed by atoms with Crippen LogP contribution in [0.5, 0.6) is 0 Å². The number of aryl methyl sites for hydroxylation is 1. The molecular weight excluding hydrogens is 328 g/mol. The van der Waals surface area contributed by atoms with E-state index < -0.39 is 10.0 Å². The maximum Gasteiger partial charge on any atom is 0.243 e. The predicted octanol–water partition coefficient (Wildman–Crippen LogP) is 1.35. The Morgan fingerprint density at radius 2 is 1.42 bits per heavy atom. The lowest BCUT2D eigenvalue weighted by atomic mass is 10.2. The van der Waals surface area contributed by atoms with Crippen LogP contribution in [0, 0.1) is 6.92 Å². The normalized spacial score (nSPS) is 20.2. The zero-order valence-corrected chi connectivity index (χ0v) is 15.4. The fraction of sp³-hybridized carbons (Fsp3) is 0.647. The zero-order valence-electron chi connectivity index (χ0n) is 14.6. The molecule has 0 amide bonds. The maximum absolute atomic E-state index is 12.8. The van der Waals surface area contributed by atoms with Gasteiger partial charge in [0.1, 0.15) is 0 Å². The van der Waals surface area contributed by atoms with Gasteiger partial charge >= 0.3 is 0 Å². The standard InChI is InChI=1S/C17H28N2O4S/c1-3-18-8-12-22-14-10-19(11-15-23-13-9-18)24(20,21)17-6-4-16(2)5-7-17/h4-7H,3,8-15H2,1-2H3. The SMILES string of the molecule is CCN1CCOCCN(S(=O)(=O)c2ccc(C)cc2)CCOCC1. The maximum atomic E-state index is 12.8. The molecule has 6 nitrogen and oxygen atoms in total. The van der Waals surface area contributed by atoms with Gasteiger partial charge in [0.15, 0.2) is 0 Å². The van der Waals surface area contributed by atoms with Crippen LogP contribution in [0.15, 0.2) is 29.2 Å². The van der Waals surface area contributed by atoms with E-state index in [0.29, 0.717) is 44.4 Å². The van der Waals surface area contributed by atoms with E-state index >= 15 is 0 Å². The van der Waals surface area contributed by atoms with Crippen LogP contribution in [0.25, 0.3) is 0 Å². The van der Waals surface area contributed by atoms with E-state index in [-0.39, 0.29) is 0 Å². The Labute approximate surface area is 145 Å². The van der Waals surface area contributed by atoms with E-state index in [4.69, 9.17) is 9.47 Å². The molecule has 0 saturated carbocycles. The summed E-state index contributed by atoms with van der Waals surface area (Å²) in [6.45, 7) is 9.35. The fourth-order valence-electron chi connectivity index (χ4n) is 2.56. The number of sulfonamides is 1. The third kappa shape index (κ3) is 5.53. The first-order valence-corrected chi connectivity index (χ1v) is 9.92. The minimum absolute atomic E-state index is 0.317. The van der Waals surface area contributed by atoms with E-state index in [1.807, 2.05) is 19.1 Å². The molecule has 0 radical (unpaired) electrons. The molecule has 0 atom stereocenters. The van der Waals surface area contributed by atoms with Crippen LogP contribution in [0.3, 0.4) is 0 Å². The van der Waals surface area contributed by atoms with Crippen molar-refractivity contribution in [3.8, 4) is 0 Å². The monoisotopic (exact) mass is 356 g/mol. The number of benzene rings is 1. The van der Waals surface area contributed by atoms with Crippen LogP contribution in [0.4, 0.5) is 0 Å². The lowest BCUT2D eigenvalue weighted by Crippen LogP contribution is -2.38. The Morgan fingerprint density at radius 3 is 1.92 bits per heavy atom. The summed E-state index contributed by atoms with van der Waals surface area (Å²) >= 11 is 0. The molecule has 24 heavy (non-hydrogen) atoms. The van der Waals surface area contributed by atoms with Crippen molar-refractivity contribution in [3.05, 3.63) is 29.8 Å². The molecule has 1 aromatic rings. The lowest BCUT2D eigenvalue weighted by Gasteiger charge is -2.25. The molecule has 1 fully saturated rings. The number of hydrogen-bond donors (Lipinski definition) is 0. The van der Waals surface area contributed by atoms with Gasteiger partial charge in [-0.05, 0) is 25.6 Å². The fourth-order valence-corrected chi connectivity index (χ4v) is 3.97. The number of rotatable bonds is 3. The Balaban J connectivity index is 2.03. The number of hydrogen-bond acceptors (Lipinski definition) is 5. The number of likely N-dealkylation sites (N-methyl/N-ethyl adjacent to an activating group) is 1. The highest BCUT2D eigenvalue weighted by atomic mass is 32.2. The zero-order chi connectivity index (χ0) is 17.4. The Hall–Kier alpha value is -0.990. The van der Waals surface area contributed by atoms with E-state index in [1.165, 1.54) is 4.31 Å². The van der Waals surface area contributed by atoms with Gasteiger partial charge in [-0.3, -0.25) is 4.90 Å². The van der Waals surface area contributed by atoms with Crippen molar-refractivity contribution < 1.29 is 17.9 Å². The Bertz CT molecular complexity index is 575. The van der Waals surface area contributed by atoms with Crippen LogP contribution >= 0.6 is 0 Å². The van der Waals surface area contributed by atoms with Gasteiger partial charge in [-0.1, -0.05) is 24.6 Å². The summed E-state index contributed by atoms with van der Waals surface area (Å²) in [4.78, 5) is 2.58. The number of ether oxygens (including phenoxy) is 2. The Morgan fingerprint density at radius 1 is 0.917 bits per heavy atom. The molecule has 0 bridgehead atoms. The molecule has 0 aromatic heterocycles. The molecule has 1 aliphatic heterocycles. The summed E-state index contributed by atoms with van der Waals surface area (Å²) in [7, 11) is -3.52. The van der Waals surface area contributed by atoms with Gasteiger partial charge < -0.3 is 9.47 Å². The average Bonchev–Trinajstić information content (AvgIpc) is 2.55.